The predicted molar refractivity (Wildman–Crippen MR) is 144 cm³/mol. The van der Waals surface area contributed by atoms with Gasteiger partial charge in [-0.1, -0.05) is 48.5 Å². The summed E-state index contributed by atoms with van der Waals surface area (Å²) in [6.07, 6.45) is 14.0. The summed E-state index contributed by atoms with van der Waals surface area (Å²) >= 11 is 0. The third kappa shape index (κ3) is 3.16. The lowest BCUT2D eigenvalue weighted by Crippen LogP contribution is -2.67. The number of hydrogen-bond acceptors (Lipinski definition) is 3. The lowest BCUT2D eigenvalue weighted by Gasteiger charge is -2.73. The van der Waals surface area contributed by atoms with Gasteiger partial charge in [0.2, 0.25) is 0 Å². The number of fused-ring (bicyclic) bond motifs is 7. The summed E-state index contributed by atoms with van der Waals surface area (Å²) in [6, 6.07) is 0. The van der Waals surface area contributed by atoms with Crippen molar-refractivity contribution in [1.82, 2.24) is 0 Å². The molecule has 36 heavy (non-hydrogen) atoms. The fourth-order valence-electron chi connectivity index (χ4n) is 12.8. The Labute approximate surface area is 221 Å². The van der Waals surface area contributed by atoms with Crippen LogP contribution in [0, 0.1) is 62.6 Å². The topological polar surface area (TPSA) is 38.8 Å². The van der Waals surface area contributed by atoms with Gasteiger partial charge in [0.25, 0.3) is 0 Å². The van der Waals surface area contributed by atoms with Gasteiger partial charge in [0, 0.05) is 17.8 Å². The molecule has 0 aromatic heterocycles. The predicted octanol–water partition coefficient (Wildman–Crippen LogP) is 8.05. The normalized spacial score (nSPS) is 55.2. The van der Waals surface area contributed by atoms with Crippen LogP contribution in [0.15, 0.2) is 0 Å². The molecule has 3 heteroatoms. The molecule has 6 rings (SSSR count). The molecule has 0 spiro atoms. The quantitative estimate of drug-likeness (QED) is 0.292. The number of carbonyl (C=O) groups is 1. The number of hydrogen-bond donors (Lipinski definition) is 0. The van der Waals surface area contributed by atoms with Crippen LogP contribution in [0.3, 0.4) is 0 Å². The van der Waals surface area contributed by atoms with Crippen molar-refractivity contribution < 1.29 is 14.3 Å². The highest BCUT2D eigenvalue weighted by atomic mass is 16.6. The molecular weight excluding hydrogens is 444 g/mol. The van der Waals surface area contributed by atoms with Crippen molar-refractivity contribution in [3.05, 3.63) is 0 Å². The monoisotopic (exact) mass is 498 g/mol. The maximum atomic E-state index is 11.9. The van der Waals surface area contributed by atoms with Gasteiger partial charge in [0.1, 0.15) is 6.10 Å². The number of epoxide rings is 1. The summed E-state index contributed by atoms with van der Waals surface area (Å²) < 4.78 is 12.1. The molecule has 6 aliphatic rings. The molecule has 0 aromatic rings. The Morgan fingerprint density at radius 2 is 1.56 bits per heavy atom. The molecule has 0 bridgehead atoms. The van der Waals surface area contributed by atoms with Crippen molar-refractivity contribution in [2.45, 2.75) is 132 Å². The van der Waals surface area contributed by atoms with Crippen LogP contribution < -0.4 is 0 Å². The van der Waals surface area contributed by atoms with Gasteiger partial charge in [-0.3, -0.25) is 4.79 Å². The average molecular weight is 499 g/mol. The summed E-state index contributed by atoms with van der Waals surface area (Å²) in [5.74, 6) is 4.70. The van der Waals surface area contributed by atoms with Crippen molar-refractivity contribution in [1.29, 1.82) is 0 Å². The van der Waals surface area contributed by atoms with Crippen LogP contribution in [0.4, 0.5) is 0 Å². The highest BCUT2D eigenvalue weighted by Gasteiger charge is 2.72. The fourth-order valence-corrected chi connectivity index (χ4v) is 12.8. The standard InChI is InChI=1S/C33H54O3/c1-20(2)22-11-16-33(27-19-35-27)18-17-31(7)23(28(22)33)9-10-25-30(6)14-13-26(36-21(3)34)29(4,5)24(30)12-15-32(25,31)8/h20,22-28H,9-19H2,1-8H3/t22?,23-,24+,25-,26+,27?,28?,30+,31-,32-,33-/m1/s1. The Morgan fingerprint density at radius 1 is 0.833 bits per heavy atom. The van der Waals surface area contributed by atoms with E-state index in [9.17, 15) is 4.79 Å². The Hall–Kier alpha value is -0.570. The number of carbonyl (C=O) groups excluding carboxylic acids is 1. The molecule has 3 unspecified atom stereocenters. The van der Waals surface area contributed by atoms with Crippen LogP contribution in [0.1, 0.15) is 120 Å². The molecule has 0 N–H and O–H groups in total. The van der Waals surface area contributed by atoms with Gasteiger partial charge in [-0.25, -0.2) is 0 Å². The minimum absolute atomic E-state index is 0.0526. The summed E-state index contributed by atoms with van der Waals surface area (Å²) in [5.41, 5.74) is 1.72. The smallest absolute Gasteiger partial charge is 0.302 e. The van der Waals surface area contributed by atoms with E-state index in [0.717, 1.165) is 42.6 Å². The maximum absolute atomic E-state index is 11.9. The molecule has 3 nitrogen and oxygen atoms in total. The SMILES string of the molecule is CC(=O)O[C@H]1CC[C@]2(C)[C@H]3CC[C@@H]4C5C(C(C)C)CC[C@]5(C5CO5)CC[C@@]4(C)[C@]3(C)CC[C@H]2C1(C)C. The van der Waals surface area contributed by atoms with E-state index in [1.54, 1.807) is 6.92 Å². The van der Waals surface area contributed by atoms with Gasteiger partial charge < -0.3 is 9.47 Å². The molecule has 6 fully saturated rings. The summed E-state index contributed by atoms with van der Waals surface area (Å²) in [4.78, 5) is 11.9. The third-order valence-corrected chi connectivity index (χ3v) is 14.6. The van der Waals surface area contributed by atoms with Crippen molar-refractivity contribution in [3.8, 4) is 0 Å². The Bertz CT molecular complexity index is 905. The second-order valence-corrected chi connectivity index (χ2v) is 16.2. The van der Waals surface area contributed by atoms with Gasteiger partial charge in [0.05, 0.1) is 12.7 Å². The van der Waals surface area contributed by atoms with Gasteiger partial charge in [-0.2, -0.15) is 0 Å². The fraction of sp³-hybridized carbons (Fsp3) is 0.970. The van der Waals surface area contributed by atoms with Crippen molar-refractivity contribution in [2.75, 3.05) is 6.61 Å². The van der Waals surface area contributed by atoms with E-state index >= 15 is 0 Å². The lowest BCUT2D eigenvalue weighted by atomic mass is 9.32. The van der Waals surface area contributed by atoms with E-state index in [2.05, 4.69) is 48.5 Å². The average Bonchev–Trinajstić information content (AvgIpc) is 3.57. The van der Waals surface area contributed by atoms with Crippen molar-refractivity contribution in [2.24, 2.45) is 62.6 Å². The van der Waals surface area contributed by atoms with Crippen molar-refractivity contribution >= 4 is 5.97 Å². The summed E-state index contributed by atoms with van der Waals surface area (Å²) in [6.45, 7) is 20.6. The lowest BCUT2D eigenvalue weighted by molar-refractivity contribution is -0.252. The first-order chi connectivity index (χ1) is 16.8. The van der Waals surface area contributed by atoms with E-state index in [4.69, 9.17) is 9.47 Å². The van der Waals surface area contributed by atoms with Gasteiger partial charge in [0.15, 0.2) is 0 Å². The minimum Gasteiger partial charge on any atom is -0.462 e. The first kappa shape index (κ1) is 25.7. The zero-order valence-corrected chi connectivity index (χ0v) is 24.6. The largest absolute Gasteiger partial charge is 0.462 e. The molecule has 0 amide bonds. The molecular formula is C33H54O3. The van der Waals surface area contributed by atoms with Gasteiger partial charge >= 0.3 is 5.97 Å². The maximum Gasteiger partial charge on any atom is 0.302 e. The number of rotatable bonds is 3. The Morgan fingerprint density at radius 3 is 2.19 bits per heavy atom. The van der Waals surface area contributed by atoms with Crippen LogP contribution in [0.2, 0.25) is 0 Å². The summed E-state index contributed by atoms with van der Waals surface area (Å²) in [7, 11) is 0. The van der Waals surface area contributed by atoms with Crippen molar-refractivity contribution in [3.63, 3.8) is 0 Å². The molecule has 11 atom stereocenters. The first-order valence-electron chi connectivity index (χ1n) is 15.6. The zero-order chi connectivity index (χ0) is 25.9. The minimum atomic E-state index is -0.105. The molecule has 1 aliphatic heterocycles. The Balaban J connectivity index is 1.35. The van der Waals surface area contributed by atoms with Gasteiger partial charge in [-0.05, 0) is 116 Å². The molecule has 204 valence electrons. The molecule has 1 saturated heterocycles. The van der Waals surface area contributed by atoms with E-state index in [0.29, 0.717) is 33.7 Å². The molecule has 5 aliphatic carbocycles. The van der Waals surface area contributed by atoms with E-state index in [1.807, 2.05) is 0 Å². The van der Waals surface area contributed by atoms with Crippen LogP contribution in [-0.4, -0.2) is 24.8 Å². The zero-order valence-electron chi connectivity index (χ0n) is 24.6. The molecule has 5 saturated carbocycles. The second-order valence-electron chi connectivity index (χ2n) is 16.2. The van der Waals surface area contributed by atoms with Crippen LogP contribution in [-0.2, 0) is 14.3 Å². The second kappa shape index (κ2) is 7.98. The highest BCUT2D eigenvalue weighted by molar-refractivity contribution is 5.66. The highest BCUT2D eigenvalue weighted by Crippen LogP contribution is 2.78. The first-order valence-corrected chi connectivity index (χ1v) is 15.6. The van der Waals surface area contributed by atoms with Crippen LogP contribution in [0.25, 0.3) is 0 Å². The van der Waals surface area contributed by atoms with Gasteiger partial charge in [-0.15, -0.1) is 0 Å². The summed E-state index contributed by atoms with van der Waals surface area (Å²) in [5, 5.41) is 0. The van der Waals surface area contributed by atoms with E-state index in [1.165, 1.54) is 57.8 Å². The van der Waals surface area contributed by atoms with Crippen LogP contribution >= 0.6 is 0 Å². The molecule has 0 radical (unpaired) electrons. The van der Waals surface area contributed by atoms with E-state index < -0.39 is 0 Å². The van der Waals surface area contributed by atoms with Crippen LogP contribution in [0.5, 0.6) is 0 Å². The third-order valence-electron chi connectivity index (χ3n) is 14.6. The Kier molecular flexibility index (Phi) is 5.70. The molecule has 0 aromatic carbocycles. The number of ether oxygens (including phenoxy) is 2. The number of esters is 1. The van der Waals surface area contributed by atoms with E-state index in [-0.39, 0.29) is 17.5 Å². The molecule has 1 heterocycles.